The number of anilines is 1. The van der Waals surface area contributed by atoms with Crippen molar-refractivity contribution in [3.8, 4) is 0 Å². The molecule has 0 aliphatic rings. The molecule has 2 amide bonds. The first kappa shape index (κ1) is 23.6. The van der Waals surface area contributed by atoms with Gasteiger partial charge in [0.25, 0.3) is 5.91 Å². The van der Waals surface area contributed by atoms with Gasteiger partial charge in [-0.3, -0.25) is 14.5 Å². The predicted octanol–water partition coefficient (Wildman–Crippen LogP) is 4.19. The number of aromatic nitrogens is 3. The molecule has 1 aromatic carbocycles. The zero-order chi connectivity index (χ0) is 23.1. The van der Waals surface area contributed by atoms with Crippen LogP contribution >= 0.6 is 11.3 Å². The van der Waals surface area contributed by atoms with E-state index in [0.29, 0.717) is 23.0 Å². The van der Waals surface area contributed by atoms with Gasteiger partial charge in [-0.1, -0.05) is 37.3 Å². The van der Waals surface area contributed by atoms with Gasteiger partial charge < -0.3 is 9.88 Å². The summed E-state index contributed by atoms with van der Waals surface area (Å²) in [6, 6.07) is 6.03. The Morgan fingerprint density at radius 3 is 2.62 bits per heavy atom. The lowest BCUT2D eigenvalue weighted by Gasteiger charge is -2.21. The van der Waals surface area contributed by atoms with Crippen LogP contribution in [0, 0.1) is 18.7 Å². The number of benzene rings is 1. The molecule has 7 nitrogen and oxygen atoms in total. The van der Waals surface area contributed by atoms with Crippen LogP contribution in [0.2, 0.25) is 0 Å². The highest BCUT2D eigenvalue weighted by atomic mass is 32.1. The number of rotatable bonds is 10. The molecule has 2 aromatic heterocycles. The van der Waals surface area contributed by atoms with E-state index in [1.54, 1.807) is 23.4 Å². The van der Waals surface area contributed by atoms with Crippen molar-refractivity contribution in [2.75, 3.05) is 11.4 Å². The summed E-state index contributed by atoms with van der Waals surface area (Å²) in [5.74, 6) is -0.444. The van der Waals surface area contributed by atoms with Gasteiger partial charge in [-0.2, -0.15) is 0 Å². The van der Waals surface area contributed by atoms with Gasteiger partial charge in [-0.15, -0.1) is 0 Å². The summed E-state index contributed by atoms with van der Waals surface area (Å²) in [5, 5.41) is 3.36. The van der Waals surface area contributed by atoms with E-state index in [1.165, 1.54) is 29.7 Å². The maximum Gasteiger partial charge on any atom is 0.263 e. The number of carbonyl (C=O) groups excluding carboxylic acids is 2. The van der Waals surface area contributed by atoms with E-state index in [4.69, 9.17) is 0 Å². The molecule has 170 valence electrons. The van der Waals surface area contributed by atoms with Gasteiger partial charge in [0.2, 0.25) is 5.91 Å². The fourth-order valence-corrected chi connectivity index (χ4v) is 3.98. The van der Waals surface area contributed by atoms with Crippen molar-refractivity contribution in [2.24, 2.45) is 5.92 Å². The molecule has 0 fully saturated rings. The number of nitrogens with one attached hydrogen (secondary N) is 1. The molecule has 3 aromatic rings. The Hall–Kier alpha value is -3.07. The van der Waals surface area contributed by atoms with E-state index >= 15 is 0 Å². The van der Waals surface area contributed by atoms with Crippen molar-refractivity contribution < 1.29 is 14.0 Å². The van der Waals surface area contributed by atoms with Gasteiger partial charge in [-0.05, 0) is 37.0 Å². The number of amides is 2. The number of aryl methyl sites for hydroxylation is 2. The lowest BCUT2D eigenvalue weighted by molar-refractivity contribution is -0.119. The summed E-state index contributed by atoms with van der Waals surface area (Å²) in [4.78, 5) is 35.9. The van der Waals surface area contributed by atoms with Crippen LogP contribution in [0.5, 0.6) is 0 Å². The van der Waals surface area contributed by atoms with Crippen molar-refractivity contribution >= 4 is 28.3 Å². The van der Waals surface area contributed by atoms with E-state index in [2.05, 4.69) is 15.3 Å². The van der Waals surface area contributed by atoms with Crippen LogP contribution in [0.4, 0.5) is 9.52 Å². The number of halogens is 1. The minimum atomic E-state index is -0.329. The van der Waals surface area contributed by atoms with Crippen LogP contribution in [-0.4, -0.2) is 32.9 Å². The quantitative estimate of drug-likeness (QED) is 0.463. The number of imidazole rings is 1. The second kappa shape index (κ2) is 11.0. The van der Waals surface area contributed by atoms with Crippen LogP contribution in [0.15, 0.2) is 43.0 Å². The maximum atomic E-state index is 13.3. The molecule has 0 saturated carbocycles. The third-order valence-corrected chi connectivity index (χ3v) is 5.75. The smallest absolute Gasteiger partial charge is 0.263 e. The standard InChI is InChI=1S/C23H28FN5O2S/c1-16(2)11-21(30)29(14-18-5-7-19(24)8-6-18)23-26-12-20(32-23)22(31)25-9-4-10-28-13-17(3)27-15-28/h5-8,12-13,15-16H,4,9-11,14H2,1-3H3,(H,25,31). The first-order valence-electron chi connectivity index (χ1n) is 10.6. The Bertz CT molecular complexity index is 1040. The molecule has 0 saturated heterocycles. The maximum absolute atomic E-state index is 13.3. The molecule has 0 aliphatic carbocycles. The van der Waals surface area contributed by atoms with Gasteiger partial charge in [0.05, 0.1) is 24.8 Å². The summed E-state index contributed by atoms with van der Waals surface area (Å²) in [5.41, 5.74) is 1.75. The van der Waals surface area contributed by atoms with Gasteiger partial charge >= 0.3 is 0 Å². The Labute approximate surface area is 191 Å². The average molecular weight is 458 g/mol. The van der Waals surface area contributed by atoms with Crippen LogP contribution in [0.3, 0.4) is 0 Å². The highest BCUT2D eigenvalue weighted by Crippen LogP contribution is 2.26. The molecule has 2 heterocycles. The fraction of sp³-hybridized carbons (Fsp3) is 0.391. The van der Waals surface area contributed by atoms with Crippen molar-refractivity contribution in [3.05, 3.63) is 64.9 Å². The SMILES string of the molecule is Cc1cn(CCCNC(=O)c2cnc(N(Cc3ccc(F)cc3)C(=O)CC(C)C)s2)cn1. The zero-order valence-corrected chi connectivity index (χ0v) is 19.4. The Morgan fingerprint density at radius 2 is 1.97 bits per heavy atom. The summed E-state index contributed by atoms with van der Waals surface area (Å²) >= 11 is 1.18. The van der Waals surface area contributed by atoms with Gasteiger partial charge in [-0.25, -0.2) is 14.4 Å². The van der Waals surface area contributed by atoms with Crippen LogP contribution in [0.1, 0.15) is 47.6 Å². The van der Waals surface area contributed by atoms with E-state index in [1.807, 2.05) is 31.5 Å². The van der Waals surface area contributed by atoms with Crippen molar-refractivity contribution in [1.29, 1.82) is 0 Å². The topological polar surface area (TPSA) is 80.1 Å². The second-order valence-corrected chi connectivity index (χ2v) is 9.08. The third-order valence-electron chi connectivity index (χ3n) is 4.73. The van der Waals surface area contributed by atoms with E-state index in [0.717, 1.165) is 24.2 Å². The molecule has 0 aliphatic heterocycles. The Kier molecular flexibility index (Phi) is 8.10. The van der Waals surface area contributed by atoms with Crippen molar-refractivity contribution in [1.82, 2.24) is 19.9 Å². The van der Waals surface area contributed by atoms with Gasteiger partial charge in [0.15, 0.2) is 5.13 Å². The average Bonchev–Trinajstić information content (AvgIpc) is 3.39. The Morgan fingerprint density at radius 1 is 1.22 bits per heavy atom. The van der Waals surface area contributed by atoms with Gasteiger partial charge in [0, 0.05) is 25.7 Å². The Balaban J connectivity index is 1.63. The first-order chi connectivity index (χ1) is 15.3. The van der Waals surface area contributed by atoms with E-state index in [-0.39, 0.29) is 30.1 Å². The molecule has 9 heteroatoms. The summed E-state index contributed by atoms with van der Waals surface area (Å²) in [6.07, 6.45) is 6.36. The minimum Gasteiger partial charge on any atom is -0.351 e. The number of hydrogen-bond donors (Lipinski definition) is 1. The first-order valence-corrected chi connectivity index (χ1v) is 11.4. The molecule has 3 rings (SSSR count). The van der Waals surface area contributed by atoms with Crippen molar-refractivity contribution in [3.63, 3.8) is 0 Å². The minimum absolute atomic E-state index is 0.0822. The molecule has 0 bridgehead atoms. The molecular formula is C23H28FN5O2S. The number of carbonyl (C=O) groups is 2. The normalized spacial score (nSPS) is 11.0. The van der Waals surface area contributed by atoms with Crippen molar-refractivity contribution in [2.45, 2.75) is 46.7 Å². The highest BCUT2D eigenvalue weighted by Gasteiger charge is 2.22. The molecular weight excluding hydrogens is 429 g/mol. The zero-order valence-electron chi connectivity index (χ0n) is 18.5. The molecule has 1 N–H and O–H groups in total. The monoisotopic (exact) mass is 457 g/mol. The third kappa shape index (κ3) is 6.71. The fourth-order valence-electron chi connectivity index (χ4n) is 3.13. The van der Waals surface area contributed by atoms with Gasteiger partial charge in [0.1, 0.15) is 10.7 Å². The van der Waals surface area contributed by atoms with E-state index in [9.17, 15) is 14.0 Å². The van der Waals surface area contributed by atoms with Crippen LogP contribution in [0.25, 0.3) is 0 Å². The lowest BCUT2D eigenvalue weighted by atomic mass is 10.1. The summed E-state index contributed by atoms with van der Waals surface area (Å²) in [7, 11) is 0. The van der Waals surface area contributed by atoms with Crippen LogP contribution < -0.4 is 10.2 Å². The number of thiazole rings is 1. The largest absolute Gasteiger partial charge is 0.351 e. The molecule has 0 unspecified atom stereocenters. The molecule has 32 heavy (non-hydrogen) atoms. The summed E-state index contributed by atoms with van der Waals surface area (Å²) in [6.45, 7) is 7.44. The molecule has 0 radical (unpaired) electrons. The van der Waals surface area contributed by atoms with E-state index < -0.39 is 0 Å². The number of hydrogen-bond acceptors (Lipinski definition) is 5. The predicted molar refractivity (Wildman–Crippen MR) is 123 cm³/mol. The molecule has 0 spiro atoms. The van der Waals surface area contributed by atoms with Crippen LogP contribution in [-0.2, 0) is 17.9 Å². The number of nitrogens with zero attached hydrogens (tertiary/aromatic N) is 4. The summed E-state index contributed by atoms with van der Waals surface area (Å²) < 4.78 is 15.2. The second-order valence-electron chi connectivity index (χ2n) is 8.07. The highest BCUT2D eigenvalue weighted by molar-refractivity contribution is 7.17. The molecule has 0 atom stereocenters. The lowest BCUT2D eigenvalue weighted by Crippen LogP contribution is -2.31.